The molecule has 1 aliphatic heterocycles. The van der Waals surface area contributed by atoms with Crippen LogP contribution in [-0.4, -0.2) is 35.6 Å². The van der Waals surface area contributed by atoms with Crippen LogP contribution in [0.4, 0.5) is 0 Å². The van der Waals surface area contributed by atoms with Crippen molar-refractivity contribution in [3.8, 4) is 0 Å². The van der Waals surface area contributed by atoms with Crippen molar-refractivity contribution in [2.45, 2.75) is 64.6 Å². The van der Waals surface area contributed by atoms with Crippen molar-refractivity contribution < 1.29 is 0 Å². The van der Waals surface area contributed by atoms with Gasteiger partial charge in [-0.1, -0.05) is 6.92 Å². The number of hydrogen-bond acceptors (Lipinski definition) is 2. The molecule has 1 heterocycles. The highest BCUT2D eigenvalue weighted by atomic mass is 15.3. The molecule has 0 aromatic rings. The average molecular weight is 210 g/mol. The molecular formula is C13H26N2. The molecule has 2 fully saturated rings. The van der Waals surface area contributed by atoms with Crippen molar-refractivity contribution in [2.75, 3.05) is 13.1 Å². The molecule has 0 amide bonds. The largest absolute Gasteiger partial charge is 0.308 e. The fourth-order valence-electron chi connectivity index (χ4n) is 3.01. The molecule has 0 radical (unpaired) electrons. The van der Waals surface area contributed by atoms with Crippen molar-refractivity contribution in [3.05, 3.63) is 0 Å². The molecule has 0 aromatic carbocycles. The van der Waals surface area contributed by atoms with Crippen LogP contribution in [0.1, 0.15) is 47.0 Å². The van der Waals surface area contributed by atoms with Crippen LogP contribution in [0.25, 0.3) is 0 Å². The molecule has 2 nitrogen and oxygen atoms in total. The van der Waals surface area contributed by atoms with Crippen LogP contribution < -0.4 is 5.32 Å². The Bertz CT molecular complexity index is 223. The smallest absolute Gasteiger partial charge is 0.0309 e. The molecule has 2 rings (SSSR count). The van der Waals surface area contributed by atoms with E-state index in [9.17, 15) is 0 Å². The minimum Gasteiger partial charge on any atom is -0.308 e. The summed E-state index contributed by atoms with van der Waals surface area (Å²) in [6.45, 7) is 11.8. The van der Waals surface area contributed by atoms with Gasteiger partial charge in [0.05, 0.1) is 0 Å². The quantitative estimate of drug-likeness (QED) is 0.768. The summed E-state index contributed by atoms with van der Waals surface area (Å²) in [6, 6.07) is 1.44. The van der Waals surface area contributed by atoms with Gasteiger partial charge in [0.25, 0.3) is 0 Å². The Balaban J connectivity index is 2.04. The maximum Gasteiger partial charge on any atom is 0.0309 e. The molecule has 2 unspecified atom stereocenters. The topological polar surface area (TPSA) is 15.3 Å². The monoisotopic (exact) mass is 210 g/mol. The zero-order valence-electron chi connectivity index (χ0n) is 10.7. The molecule has 1 saturated carbocycles. The maximum atomic E-state index is 3.80. The van der Waals surface area contributed by atoms with E-state index in [1.54, 1.807) is 0 Å². The predicted molar refractivity (Wildman–Crippen MR) is 65.1 cm³/mol. The fourth-order valence-corrected chi connectivity index (χ4v) is 3.01. The minimum atomic E-state index is 0.399. The zero-order chi connectivity index (χ0) is 11.1. The van der Waals surface area contributed by atoms with Crippen molar-refractivity contribution in [1.29, 1.82) is 0 Å². The lowest BCUT2D eigenvalue weighted by Crippen LogP contribution is -2.65. The summed E-state index contributed by atoms with van der Waals surface area (Å²) in [7, 11) is 0. The van der Waals surface area contributed by atoms with Gasteiger partial charge in [-0.3, -0.25) is 4.90 Å². The second-order valence-electron chi connectivity index (χ2n) is 5.90. The second kappa shape index (κ2) is 4.06. The fraction of sp³-hybridized carbons (Fsp3) is 1.00. The van der Waals surface area contributed by atoms with Gasteiger partial charge in [0.1, 0.15) is 0 Å². The number of nitrogens with zero attached hydrogens (tertiary/aromatic N) is 1. The first-order chi connectivity index (χ1) is 7.07. The maximum absolute atomic E-state index is 3.80. The predicted octanol–water partition coefficient (Wildman–Crippen LogP) is 2.25. The Hall–Kier alpha value is -0.0800. The van der Waals surface area contributed by atoms with Crippen molar-refractivity contribution in [1.82, 2.24) is 10.2 Å². The molecule has 0 bridgehead atoms. The van der Waals surface area contributed by atoms with Crippen molar-refractivity contribution in [3.63, 3.8) is 0 Å². The van der Waals surface area contributed by atoms with E-state index in [1.807, 2.05) is 0 Å². The van der Waals surface area contributed by atoms with Gasteiger partial charge in [-0.2, -0.15) is 0 Å². The Morgan fingerprint density at radius 3 is 2.53 bits per heavy atom. The van der Waals surface area contributed by atoms with Gasteiger partial charge in [0.2, 0.25) is 0 Å². The summed E-state index contributed by atoms with van der Waals surface area (Å²) in [5.74, 6) is 0.941. The van der Waals surface area contributed by atoms with Gasteiger partial charge in [0.15, 0.2) is 0 Å². The average Bonchev–Trinajstić information content (AvgIpc) is 3.01. The van der Waals surface area contributed by atoms with Crippen LogP contribution in [0.15, 0.2) is 0 Å². The van der Waals surface area contributed by atoms with Crippen molar-refractivity contribution >= 4 is 0 Å². The highest BCUT2D eigenvalue weighted by Crippen LogP contribution is 2.41. The first-order valence-corrected chi connectivity index (χ1v) is 6.57. The summed E-state index contributed by atoms with van der Waals surface area (Å²) in [5.41, 5.74) is 0.399. The number of rotatable bonds is 3. The SMILES string of the molecule is CCC1CNC(C)(C2CC2)CN1C(C)C. The molecule has 1 N–H and O–H groups in total. The summed E-state index contributed by atoms with van der Waals surface area (Å²) in [6.07, 6.45) is 4.14. The summed E-state index contributed by atoms with van der Waals surface area (Å²) >= 11 is 0. The molecule has 1 saturated heterocycles. The Labute approximate surface area is 94.4 Å². The van der Waals surface area contributed by atoms with Gasteiger partial charge in [-0.15, -0.1) is 0 Å². The van der Waals surface area contributed by atoms with Crippen LogP contribution in [0, 0.1) is 5.92 Å². The molecule has 0 aromatic heterocycles. The first kappa shape index (κ1) is 11.4. The zero-order valence-corrected chi connectivity index (χ0v) is 10.7. The lowest BCUT2D eigenvalue weighted by atomic mass is 9.89. The third-order valence-corrected chi connectivity index (χ3v) is 4.33. The lowest BCUT2D eigenvalue weighted by Gasteiger charge is -2.48. The van der Waals surface area contributed by atoms with Gasteiger partial charge in [0, 0.05) is 30.7 Å². The van der Waals surface area contributed by atoms with Crippen LogP contribution in [0.2, 0.25) is 0 Å². The highest BCUT2D eigenvalue weighted by molar-refractivity contribution is 5.04. The Kier molecular flexibility index (Phi) is 3.09. The van der Waals surface area contributed by atoms with Crippen LogP contribution in [0.3, 0.4) is 0 Å². The van der Waals surface area contributed by atoms with E-state index in [-0.39, 0.29) is 0 Å². The molecule has 15 heavy (non-hydrogen) atoms. The van der Waals surface area contributed by atoms with Crippen molar-refractivity contribution in [2.24, 2.45) is 5.92 Å². The normalized spacial score (nSPS) is 38.6. The van der Waals surface area contributed by atoms with E-state index in [1.165, 1.54) is 32.4 Å². The van der Waals surface area contributed by atoms with E-state index in [2.05, 4.69) is 37.9 Å². The van der Waals surface area contributed by atoms with Crippen LogP contribution in [0.5, 0.6) is 0 Å². The first-order valence-electron chi connectivity index (χ1n) is 6.57. The number of piperazine rings is 1. The van der Waals surface area contributed by atoms with Gasteiger partial charge >= 0.3 is 0 Å². The third-order valence-electron chi connectivity index (χ3n) is 4.33. The highest BCUT2D eigenvalue weighted by Gasteiger charge is 2.45. The Morgan fingerprint density at radius 2 is 2.07 bits per heavy atom. The minimum absolute atomic E-state index is 0.399. The molecule has 1 aliphatic carbocycles. The van der Waals surface area contributed by atoms with E-state index in [4.69, 9.17) is 0 Å². The lowest BCUT2D eigenvalue weighted by molar-refractivity contribution is 0.0483. The molecule has 88 valence electrons. The summed E-state index contributed by atoms with van der Waals surface area (Å²) in [5, 5.41) is 3.80. The third kappa shape index (κ3) is 2.21. The molecule has 2 heteroatoms. The van der Waals surface area contributed by atoms with E-state index in [0.29, 0.717) is 11.6 Å². The Morgan fingerprint density at radius 1 is 1.40 bits per heavy atom. The van der Waals surface area contributed by atoms with E-state index >= 15 is 0 Å². The summed E-state index contributed by atoms with van der Waals surface area (Å²) in [4.78, 5) is 2.70. The van der Waals surface area contributed by atoms with Crippen LogP contribution >= 0.6 is 0 Å². The number of hydrogen-bond donors (Lipinski definition) is 1. The van der Waals surface area contributed by atoms with Crippen LogP contribution in [-0.2, 0) is 0 Å². The molecular weight excluding hydrogens is 184 g/mol. The standard InChI is InChI=1S/C13H26N2/c1-5-12-8-14-13(4,11-6-7-11)9-15(12)10(2)3/h10-12,14H,5-9H2,1-4H3. The number of nitrogens with one attached hydrogen (secondary N) is 1. The van der Waals surface area contributed by atoms with E-state index in [0.717, 1.165) is 12.0 Å². The molecule has 0 spiro atoms. The molecule has 2 atom stereocenters. The summed E-state index contributed by atoms with van der Waals surface area (Å²) < 4.78 is 0. The van der Waals surface area contributed by atoms with Gasteiger partial charge in [-0.05, 0) is 46.0 Å². The molecule has 2 aliphatic rings. The second-order valence-corrected chi connectivity index (χ2v) is 5.90. The van der Waals surface area contributed by atoms with E-state index < -0.39 is 0 Å². The van der Waals surface area contributed by atoms with Gasteiger partial charge < -0.3 is 5.32 Å². The van der Waals surface area contributed by atoms with Gasteiger partial charge in [-0.25, -0.2) is 0 Å².